The zero-order valence-electron chi connectivity index (χ0n) is 16.6. The lowest BCUT2D eigenvalue weighted by Crippen LogP contribution is -2.55. The second kappa shape index (κ2) is 6.21. The number of rotatable bonds is 3. The van der Waals surface area contributed by atoms with Crippen LogP contribution in [0.5, 0.6) is 0 Å². The van der Waals surface area contributed by atoms with Gasteiger partial charge in [-0.3, -0.25) is 4.79 Å². The van der Waals surface area contributed by atoms with E-state index >= 15 is 0 Å². The molecule has 2 nitrogen and oxygen atoms in total. The summed E-state index contributed by atoms with van der Waals surface area (Å²) in [6, 6.07) is 0. The molecule has 4 rings (SSSR count). The van der Waals surface area contributed by atoms with Crippen LogP contribution in [-0.2, 0) is 4.79 Å². The standard InChI is InChI=1S/C24H34O2/c1-4-11-23-15-14-22(3)19-9-7-18(25)16-17(19)6-8-20(22)21(23)10-13-24(23,26)12-5-2/h12,20-21,26H,2,4,6-11,13-16H2,1,3H3/t20-,21-,22+,23?,24-/m0/s1. The van der Waals surface area contributed by atoms with Crippen molar-refractivity contribution >= 4 is 5.78 Å². The van der Waals surface area contributed by atoms with Gasteiger partial charge in [0.2, 0.25) is 0 Å². The van der Waals surface area contributed by atoms with Gasteiger partial charge in [-0.1, -0.05) is 38.0 Å². The van der Waals surface area contributed by atoms with Gasteiger partial charge in [0.25, 0.3) is 0 Å². The summed E-state index contributed by atoms with van der Waals surface area (Å²) in [5, 5.41) is 11.6. The van der Waals surface area contributed by atoms with Gasteiger partial charge in [0.05, 0.1) is 5.60 Å². The third kappa shape index (κ3) is 2.31. The zero-order valence-corrected chi connectivity index (χ0v) is 16.6. The highest BCUT2D eigenvalue weighted by molar-refractivity contribution is 5.83. The summed E-state index contributed by atoms with van der Waals surface area (Å²) in [6.07, 6.45) is 13.1. The van der Waals surface area contributed by atoms with Crippen LogP contribution in [0.1, 0.15) is 84.5 Å². The number of carbonyl (C=O) groups excluding carboxylic acids is 1. The molecule has 2 heteroatoms. The lowest BCUT2D eigenvalue weighted by molar-refractivity contribution is -0.121. The number of aliphatic hydroxyl groups is 1. The van der Waals surface area contributed by atoms with E-state index in [0.717, 1.165) is 57.8 Å². The van der Waals surface area contributed by atoms with Crippen LogP contribution in [0.3, 0.4) is 0 Å². The van der Waals surface area contributed by atoms with Crippen molar-refractivity contribution in [3.05, 3.63) is 29.5 Å². The summed E-state index contributed by atoms with van der Waals surface area (Å²) in [7, 11) is 0. The van der Waals surface area contributed by atoms with Gasteiger partial charge in [0.1, 0.15) is 5.78 Å². The van der Waals surface area contributed by atoms with Crippen molar-refractivity contribution in [1.82, 2.24) is 0 Å². The number of hydrogen-bond acceptors (Lipinski definition) is 2. The monoisotopic (exact) mass is 354 g/mol. The fraction of sp³-hybridized carbons (Fsp3) is 0.750. The first-order chi connectivity index (χ1) is 12.4. The maximum Gasteiger partial charge on any atom is 0.137 e. The van der Waals surface area contributed by atoms with Gasteiger partial charge in [0.15, 0.2) is 0 Å². The van der Waals surface area contributed by atoms with E-state index in [1.807, 2.05) is 6.08 Å². The van der Waals surface area contributed by atoms with Crippen LogP contribution in [0.2, 0.25) is 0 Å². The number of hydrogen-bond donors (Lipinski definition) is 1. The first-order valence-electron chi connectivity index (χ1n) is 10.7. The Morgan fingerprint density at radius 1 is 1.19 bits per heavy atom. The van der Waals surface area contributed by atoms with Crippen LogP contribution < -0.4 is 0 Å². The summed E-state index contributed by atoms with van der Waals surface area (Å²) in [5.41, 5.74) is 5.55. The molecule has 0 aromatic heterocycles. The fourth-order valence-electron chi connectivity index (χ4n) is 7.71. The van der Waals surface area contributed by atoms with Gasteiger partial charge in [-0.05, 0) is 74.7 Å². The van der Waals surface area contributed by atoms with Gasteiger partial charge in [-0.25, -0.2) is 0 Å². The smallest absolute Gasteiger partial charge is 0.137 e. The van der Waals surface area contributed by atoms with Crippen molar-refractivity contribution in [2.75, 3.05) is 0 Å². The number of allylic oxidation sites excluding steroid dienone is 2. The van der Waals surface area contributed by atoms with Crippen molar-refractivity contribution in [2.45, 2.75) is 90.1 Å². The van der Waals surface area contributed by atoms with Crippen molar-refractivity contribution < 1.29 is 9.90 Å². The average Bonchev–Trinajstić information content (AvgIpc) is 2.88. The molecule has 1 unspecified atom stereocenters. The molecule has 2 saturated carbocycles. The summed E-state index contributed by atoms with van der Waals surface area (Å²) in [5.74, 6) is 1.68. The maximum atomic E-state index is 12.0. The highest BCUT2D eigenvalue weighted by atomic mass is 16.3. The first kappa shape index (κ1) is 18.3. The van der Waals surface area contributed by atoms with E-state index in [4.69, 9.17) is 0 Å². The van der Waals surface area contributed by atoms with E-state index in [1.54, 1.807) is 5.57 Å². The van der Waals surface area contributed by atoms with Crippen molar-refractivity contribution in [3.8, 4) is 0 Å². The Labute approximate surface area is 158 Å². The number of fused-ring (bicyclic) bond motifs is 4. The van der Waals surface area contributed by atoms with Gasteiger partial charge in [-0.15, -0.1) is 5.73 Å². The summed E-state index contributed by atoms with van der Waals surface area (Å²) >= 11 is 0. The molecule has 0 saturated heterocycles. The maximum absolute atomic E-state index is 12.0. The molecule has 142 valence electrons. The topological polar surface area (TPSA) is 37.3 Å². The highest BCUT2D eigenvalue weighted by Gasteiger charge is 2.65. The van der Waals surface area contributed by atoms with Crippen LogP contribution in [0.25, 0.3) is 0 Å². The van der Waals surface area contributed by atoms with Gasteiger partial charge in [0, 0.05) is 18.3 Å². The second-order valence-corrected chi connectivity index (χ2v) is 9.68. The van der Waals surface area contributed by atoms with Gasteiger partial charge in [-0.2, -0.15) is 0 Å². The molecule has 0 aliphatic heterocycles. The molecule has 5 atom stereocenters. The lowest BCUT2D eigenvalue weighted by atomic mass is 9.45. The fourth-order valence-corrected chi connectivity index (χ4v) is 7.71. The molecule has 4 aliphatic carbocycles. The average molecular weight is 355 g/mol. The Bertz CT molecular complexity index is 697. The van der Waals surface area contributed by atoms with Crippen LogP contribution in [0.15, 0.2) is 29.5 Å². The molecule has 0 radical (unpaired) electrons. The van der Waals surface area contributed by atoms with Gasteiger partial charge >= 0.3 is 0 Å². The quantitative estimate of drug-likeness (QED) is 0.535. The van der Waals surface area contributed by atoms with Crippen LogP contribution in [0, 0.1) is 22.7 Å². The molecule has 0 heterocycles. The van der Waals surface area contributed by atoms with E-state index in [9.17, 15) is 9.90 Å². The normalized spacial score (nSPS) is 44.8. The molecule has 0 aromatic rings. The molecule has 0 amide bonds. The minimum atomic E-state index is -0.728. The van der Waals surface area contributed by atoms with E-state index in [2.05, 4.69) is 26.2 Å². The molecule has 2 fully saturated rings. The molecule has 1 N–H and O–H groups in total. The SMILES string of the molecule is C=C=C[C@]1(O)CC[C@H]2[C@@H]3CCC4=C(CCC(=O)C4)[C@@]3(C)CCC21CCC. The Kier molecular flexibility index (Phi) is 4.36. The van der Waals surface area contributed by atoms with Crippen LogP contribution in [-0.4, -0.2) is 16.5 Å². The minimum absolute atomic E-state index is 0.000827. The number of Topliss-reactive ketones (excluding diaryl/α,β-unsaturated/α-hetero) is 1. The molecule has 4 aliphatic rings. The predicted octanol–water partition coefficient (Wildman–Crippen LogP) is 5.51. The van der Waals surface area contributed by atoms with Crippen LogP contribution in [0.4, 0.5) is 0 Å². The molecular formula is C24H34O2. The predicted molar refractivity (Wildman–Crippen MR) is 105 cm³/mol. The largest absolute Gasteiger partial charge is 0.385 e. The minimum Gasteiger partial charge on any atom is -0.385 e. The Balaban J connectivity index is 1.75. The summed E-state index contributed by atoms with van der Waals surface area (Å²) in [4.78, 5) is 12.0. The third-order valence-corrected chi connectivity index (χ3v) is 8.78. The van der Waals surface area contributed by atoms with Gasteiger partial charge < -0.3 is 5.11 Å². The Hall–Kier alpha value is -1.11. The van der Waals surface area contributed by atoms with Crippen molar-refractivity contribution in [3.63, 3.8) is 0 Å². The molecule has 0 bridgehead atoms. The molecule has 0 spiro atoms. The molecular weight excluding hydrogens is 320 g/mol. The highest BCUT2D eigenvalue weighted by Crippen LogP contribution is 2.69. The zero-order chi connectivity index (χ0) is 18.6. The van der Waals surface area contributed by atoms with E-state index in [1.165, 1.54) is 12.0 Å². The Morgan fingerprint density at radius 2 is 2.00 bits per heavy atom. The molecule has 26 heavy (non-hydrogen) atoms. The van der Waals surface area contributed by atoms with E-state index in [-0.39, 0.29) is 10.8 Å². The van der Waals surface area contributed by atoms with E-state index < -0.39 is 5.60 Å². The summed E-state index contributed by atoms with van der Waals surface area (Å²) in [6.45, 7) is 8.51. The lowest BCUT2D eigenvalue weighted by Gasteiger charge is -2.59. The molecule has 0 aromatic carbocycles. The third-order valence-electron chi connectivity index (χ3n) is 8.78. The second-order valence-electron chi connectivity index (χ2n) is 9.68. The van der Waals surface area contributed by atoms with Crippen LogP contribution >= 0.6 is 0 Å². The van der Waals surface area contributed by atoms with Crippen molar-refractivity contribution in [1.29, 1.82) is 0 Å². The van der Waals surface area contributed by atoms with E-state index in [0.29, 0.717) is 24.0 Å². The van der Waals surface area contributed by atoms with Crippen molar-refractivity contribution in [2.24, 2.45) is 22.7 Å². The number of ketones is 1. The Morgan fingerprint density at radius 3 is 2.73 bits per heavy atom. The summed E-state index contributed by atoms with van der Waals surface area (Å²) < 4.78 is 0. The first-order valence-corrected chi connectivity index (χ1v) is 10.7. The number of carbonyl (C=O) groups is 1.